The average molecular weight is 524 g/mol. The van der Waals surface area contributed by atoms with E-state index in [0.717, 1.165) is 16.5 Å². The van der Waals surface area contributed by atoms with Crippen LogP contribution in [0.15, 0.2) is 30.5 Å². The summed E-state index contributed by atoms with van der Waals surface area (Å²) in [6, 6.07) is 4.55. The number of carboxylic acid groups (broad SMARTS) is 1. The molecule has 1 heterocycles. The molecule has 2 rings (SSSR count). The number of aromatic amines is 1. The second kappa shape index (κ2) is 14.6. The minimum Gasteiger partial charge on any atom is -0.480 e. The Balaban J connectivity index is 2.28. The number of carbonyl (C=O) groups excluding carboxylic acids is 3. The molecule has 10 nitrogen and oxygen atoms in total. The van der Waals surface area contributed by atoms with Gasteiger partial charge in [0.25, 0.3) is 0 Å². The van der Waals surface area contributed by atoms with Gasteiger partial charge in [-0.2, -0.15) is 23.5 Å². The predicted molar refractivity (Wildman–Crippen MR) is 140 cm³/mol. The normalized spacial score (nSPS) is 13.6. The number of carbonyl (C=O) groups is 4. The Hall–Kier alpha value is -2.70. The summed E-state index contributed by atoms with van der Waals surface area (Å²) in [5.41, 5.74) is 7.07. The van der Waals surface area contributed by atoms with E-state index in [9.17, 15) is 24.3 Å². The van der Waals surface area contributed by atoms with Crippen LogP contribution < -0.4 is 21.7 Å². The van der Waals surface area contributed by atoms with Crippen LogP contribution in [0.2, 0.25) is 0 Å². The Bertz CT molecular complexity index is 1020. The first-order valence-electron chi connectivity index (χ1n) is 11.2. The number of nitrogens with two attached hydrogens (primary N) is 1. The largest absolute Gasteiger partial charge is 0.480 e. The summed E-state index contributed by atoms with van der Waals surface area (Å²) < 4.78 is 0. The SMILES string of the molecule is CSCCC(NC(=O)C(Cc1c[nH]c2ccccc12)NC(=O)C(CCSC)NC(=O)CN)C(=O)O. The fourth-order valence-corrected chi connectivity index (χ4v) is 4.47. The standard InChI is InChI=1S/C23H33N5O5S2/c1-34-9-7-17(26-20(29)12-24)21(30)28-19(22(31)27-18(23(32)33)8-10-35-2)11-14-13-25-16-6-4-3-5-15(14)16/h3-6,13,17-19,25H,7-12,24H2,1-2H3,(H,26,29)(H,27,31)(H,28,30)(H,32,33). The fraction of sp³-hybridized carbons (Fsp3) is 0.478. The van der Waals surface area contributed by atoms with E-state index in [-0.39, 0.29) is 19.4 Å². The summed E-state index contributed by atoms with van der Waals surface area (Å²) in [6.07, 6.45) is 6.24. The first kappa shape index (κ1) is 28.5. The third-order valence-electron chi connectivity index (χ3n) is 5.40. The van der Waals surface area contributed by atoms with Gasteiger partial charge in [0.15, 0.2) is 0 Å². The van der Waals surface area contributed by atoms with Crippen molar-refractivity contribution in [2.45, 2.75) is 37.4 Å². The number of para-hydroxylation sites is 1. The minimum atomic E-state index is -1.14. The number of nitrogens with one attached hydrogen (secondary N) is 4. The molecule has 0 fully saturated rings. The van der Waals surface area contributed by atoms with Gasteiger partial charge in [-0.25, -0.2) is 4.79 Å². The molecule has 0 aliphatic rings. The van der Waals surface area contributed by atoms with Crippen molar-refractivity contribution >= 4 is 58.1 Å². The van der Waals surface area contributed by atoms with Crippen molar-refractivity contribution in [2.24, 2.45) is 5.73 Å². The molecule has 7 N–H and O–H groups in total. The quantitative estimate of drug-likeness (QED) is 0.199. The van der Waals surface area contributed by atoms with Crippen molar-refractivity contribution in [3.8, 4) is 0 Å². The Kier molecular flexibility index (Phi) is 11.9. The lowest BCUT2D eigenvalue weighted by Gasteiger charge is -2.24. The van der Waals surface area contributed by atoms with E-state index in [1.54, 1.807) is 6.20 Å². The highest BCUT2D eigenvalue weighted by Crippen LogP contribution is 2.19. The molecular weight excluding hydrogens is 490 g/mol. The topological polar surface area (TPSA) is 166 Å². The second-order valence-corrected chi connectivity index (χ2v) is 9.88. The Morgan fingerprint density at radius 2 is 1.54 bits per heavy atom. The zero-order valence-corrected chi connectivity index (χ0v) is 21.5. The highest BCUT2D eigenvalue weighted by molar-refractivity contribution is 7.98. The molecule has 3 unspecified atom stereocenters. The molecule has 0 bridgehead atoms. The first-order valence-corrected chi connectivity index (χ1v) is 13.9. The Labute approximate surface area is 212 Å². The smallest absolute Gasteiger partial charge is 0.326 e. The fourth-order valence-electron chi connectivity index (χ4n) is 3.53. The molecule has 35 heavy (non-hydrogen) atoms. The van der Waals surface area contributed by atoms with Crippen LogP contribution in [0, 0.1) is 0 Å². The molecule has 3 atom stereocenters. The second-order valence-electron chi connectivity index (χ2n) is 7.91. The number of hydrogen-bond donors (Lipinski definition) is 6. The zero-order chi connectivity index (χ0) is 25.8. The van der Waals surface area contributed by atoms with Crippen LogP contribution in [0.3, 0.4) is 0 Å². The summed E-state index contributed by atoms with van der Waals surface area (Å²) in [6.45, 7) is -0.266. The number of aromatic nitrogens is 1. The van der Waals surface area contributed by atoms with E-state index in [1.165, 1.54) is 23.5 Å². The molecule has 0 radical (unpaired) electrons. The number of benzene rings is 1. The van der Waals surface area contributed by atoms with Gasteiger partial charge in [-0.3, -0.25) is 14.4 Å². The van der Waals surface area contributed by atoms with Gasteiger partial charge in [-0.05, 0) is 48.5 Å². The number of rotatable bonds is 15. The van der Waals surface area contributed by atoms with Crippen LogP contribution in [0.4, 0.5) is 0 Å². The van der Waals surface area contributed by atoms with Crippen molar-refractivity contribution in [1.82, 2.24) is 20.9 Å². The van der Waals surface area contributed by atoms with Gasteiger partial charge >= 0.3 is 5.97 Å². The Morgan fingerprint density at radius 3 is 2.17 bits per heavy atom. The summed E-state index contributed by atoms with van der Waals surface area (Å²) >= 11 is 3.00. The average Bonchev–Trinajstić information content (AvgIpc) is 3.26. The van der Waals surface area contributed by atoms with Gasteiger partial charge in [0, 0.05) is 23.5 Å². The summed E-state index contributed by atoms with van der Waals surface area (Å²) in [4.78, 5) is 53.0. The van der Waals surface area contributed by atoms with Gasteiger partial charge in [-0.1, -0.05) is 18.2 Å². The third kappa shape index (κ3) is 8.79. The number of thioether (sulfide) groups is 2. The molecule has 3 amide bonds. The van der Waals surface area contributed by atoms with Crippen LogP contribution in [-0.4, -0.2) is 82.5 Å². The number of hydrogen-bond acceptors (Lipinski definition) is 7. The third-order valence-corrected chi connectivity index (χ3v) is 6.69. The maximum absolute atomic E-state index is 13.2. The van der Waals surface area contributed by atoms with Gasteiger partial charge in [0.2, 0.25) is 17.7 Å². The van der Waals surface area contributed by atoms with Gasteiger partial charge in [-0.15, -0.1) is 0 Å². The van der Waals surface area contributed by atoms with Crippen molar-refractivity contribution in [1.29, 1.82) is 0 Å². The summed E-state index contributed by atoms with van der Waals surface area (Å²) in [5.74, 6) is -1.59. The molecule has 192 valence electrons. The van der Waals surface area contributed by atoms with E-state index < -0.39 is 41.8 Å². The van der Waals surface area contributed by atoms with Crippen molar-refractivity contribution in [3.63, 3.8) is 0 Å². The van der Waals surface area contributed by atoms with E-state index >= 15 is 0 Å². The van der Waals surface area contributed by atoms with Gasteiger partial charge in [0.1, 0.15) is 18.1 Å². The molecule has 1 aromatic carbocycles. The van der Waals surface area contributed by atoms with Crippen molar-refractivity contribution < 1.29 is 24.3 Å². The maximum Gasteiger partial charge on any atom is 0.326 e. The summed E-state index contributed by atoms with van der Waals surface area (Å²) in [7, 11) is 0. The minimum absolute atomic E-state index is 0.135. The van der Waals surface area contributed by atoms with Crippen molar-refractivity contribution in [3.05, 3.63) is 36.0 Å². The molecule has 0 saturated carbocycles. The van der Waals surface area contributed by atoms with E-state index in [0.29, 0.717) is 17.9 Å². The van der Waals surface area contributed by atoms with Crippen LogP contribution in [0.1, 0.15) is 18.4 Å². The number of amides is 3. The van der Waals surface area contributed by atoms with Crippen LogP contribution in [-0.2, 0) is 25.6 Å². The molecule has 2 aromatic rings. The van der Waals surface area contributed by atoms with Crippen LogP contribution in [0.5, 0.6) is 0 Å². The van der Waals surface area contributed by atoms with Crippen LogP contribution in [0.25, 0.3) is 10.9 Å². The van der Waals surface area contributed by atoms with E-state index in [4.69, 9.17) is 5.73 Å². The summed E-state index contributed by atoms with van der Waals surface area (Å²) in [5, 5.41) is 18.3. The number of fused-ring (bicyclic) bond motifs is 1. The zero-order valence-electron chi connectivity index (χ0n) is 19.8. The molecule has 12 heteroatoms. The maximum atomic E-state index is 13.2. The molecule has 0 aliphatic carbocycles. The molecular formula is C23H33N5O5S2. The number of carboxylic acids is 1. The lowest BCUT2D eigenvalue weighted by molar-refractivity contribution is -0.142. The molecule has 0 spiro atoms. The highest BCUT2D eigenvalue weighted by Gasteiger charge is 2.30. The predicted octanol–water partition coefficient (Wildman–Crippen LogP) is 0.714. The Morgan fingerprint density at radius 1 is 0.943 bits per heavy atom. The molecule has 0 aliphatic heterocycles. The molecule has 0 saturated heterocycles. The first-order chi connectivity index (χ1) is 16.8. The highest BCUT2D eigenvalue weighted by atomic mass is 32.2. The number of H-pyrrole nitrogens is 1. The van der Waals surface area contributed by atoms with Crippen molar-refractivity contribution in [2.75, 3.05) is 30.6 Å². The van der Waals surface area contributed by atoms with E-state index in [2.05, 4.69) is 20.9 Å². The van der Waals surface area contributed by atoms with Gasteiger partial charge in [0.05, 0.1) is 6.54 Å². The monoisotopic (exact) mass is 523 g/mol. The lowest BCUT2D eigenvalue weighted by Crippen LogP contribution is -2.57. The van der Waals surface area contributed by atoms with E-state index in [1.807, 2.05) is 36.8 Å². The molecule has 1 aromatic heterocycles. The van der Waals surface area contributed by atoms with Crippen LogP contribution >= 0.6 is 23.5 Å². The number of aliphatic carboxylic acids is 1. The van der Waals surface area contributed by atoms with Gasteiger partial charge < -0.3 is 31.8 Å². The lowest BCUT2D eigenvalue weighted by atomic mass is 10.0.